The lowest BCUT2D eigenvalue weighted by Crippen LogP contribution is -2.16. The van der Waals surface area contributed by atoms with Crippen LogP contribution in [0.15, 0.2) is 30.5 Å². The summed E-state index contributed by atoms with van der Waals surface area (Å²) in [7, 11) is 1.64. The van der Waals surface area contributed by atoms with Crippen LogP contribution in [0.2, 0.25) is 5.15 Å². The van der Waals surface area contributed by atoms with Gasteiger partial charge in [-0.15, -0.1) is 0 Å². The van der Waals surface area contributed by atoms with E-state index in [1.54, 1.807) is 13.2 Å². The van der Waals surface area contributed by atoms with Gasteiger partial charge in [0.2, 0.25) is 0 Å². The van der Waals surface area contributed by atoms with Crippen LogP contribution in [0.4, 0.5) is 4.39 Å². The first-order chi connectivity index (χ1) is 11.2. The number of ether oxygens (including phenoxy) is 2. The molecule has 0 N–H and O–H groups in total. The molecular weight excluding hydrogens is 319 g/mol. The number of methoxy groups -OCH3 is 1. The number of pyridine rings is 1. The van der Waals surface area contributed by atoms with E-state index in [0.29, 0.717) is 25.3 Å². The molecule has 1 aliphatic rings. The summed E-state index contributed by atoms with van der Waals surface area (Å²) in [5.74, 6) is 0.357. The van der Waals surface area contributed by atoms with Crippen molar-refractivity contribution in [2.45, 2.75) is 13.2 Å². The van der Waals surface area contributed by atoms with Gasteiger partial charge in [-0.1, -0.05) is 23.7 Å². The van der Waals surface area contributed by atoms with Crippen molar-refractivity contribution in [3.05, 3.63) is 47.1 Å². The second kappa shape index (κ2) is 5.51. The number of para-hydroxylation sites is 1. The first-order valence-electron chi connectivity index (χ1n) is 7.28. The number of aromatic nitrogens is 2. The van der Waals surface area contributed by atoms with E-state index in [1.807, 2.05) is 18.2 Å². The summed E-state index contributed by atoms with van der Waals surface area (Å²) in [6.07, 6.45) is 1.15. The molecule has 23 heavy (non-hydrogen) atoms. The number of hydrogen-bond acceptors (Lipinski definition) is 3. The zero-order valence-corrected chi connectivity index (χ0v) is 13.2. The normalized spacial score (nSPS) is 14.0. The standard InChI is InChI=1S/C17H14ClFN2O2/c1-22-14-4-2-3-10-16(11-7-15(18)20-8-12(11)19)13-9-23-6-5-21(13)17(10)14/h2-4,7-8H,5-6,9H2,1H3. The van der Waals surface area contributed by atoms with Gasteiger partial charge in [0.1, 0.15) is 16.7 Å². The van der Waals surface area contributed by atoms with Crippen LogP contribution in [0.5, 0.6) is 5.75 Å². The third-order valence-corrected chi connectivity index (χ3v) is 4.37. The van der Waals surface area contributed by atoms with Gasteiger partial charge in [0.25, 0.3) is 0 Å². The van der Waals surface area contributed by atoms with Gasteiger partial charge >= 0.3 is 0 Å². The Labute approximate surface area is 137 Å². The van der Waals surface area contributed by atoms with E-state index >= 15 is 0 Å². The van der Waals surface area contributed by atoms with Crippen molar-refractivity contribution < 1.29 is 13.9 Å². The lowest BCUT2D eigenvalue weighted by Gasteiger charge is -2.18. The lowest BCUT2D eigenvalue weighted by atomic mass is 10.0. The average molecular weight is 333 g/mol. The van der Waals surface area contributed by atoms with Crippen molar-refractivity contribution in [1.29, 1.82) is 0 Å². The lowest BCUT2D eigenvalue weighted by molar-refractivity contribution is 0.0868. The number of benzene rings is 1. The van der Waals surface area contributed by atoms with Crippen molar-refractivity contribution in [2.24, 2.45) is 0 Å². The number of nitrogens with zero attached hydrogens (tertiary/aromatic N) is 2. The van der Waals surface area contributed by atoms with Crippen LogP contribution in [0.1, 0.15) is 5.69 Å². The molecule has 0 amide bonds. The summed E-state index contributed by atoms with van der Waals surface area (Å²) < 4.78 is 27.7. The molecule has 118 valence electrons. The Morgan fingerprint density at radius 2 is 2.26 bits per heavy atom. The first kappa shape index (κ1) is 14.5. The minimum Gasteiger partial charge on any atom is -0.495 e. The zero-order chi connectivity index (χ0) is 16.0. The van der Waals surface area contributed by atoms with Gasteiger partial charge in [-0.05, 0) is 12.1 Å². The van der Waals surface area contributed by atoms with E-state index in [9.17, 15) is 4.39 Å². The minimum atomic E-state index is -0.405. The number of halogens is 2. The molecule has 4 nitrogen and oxygen atoms in total. The molecule has 0 aliphatic carbocycles. The van der Waals surface area contributed by atoms with Crippen LogP contribution in [-0.4, -0.2) is 23.3 Å². The fraction of sp³-hybridized carbons (Fsp3) is 0.235. The van der Waals surface area contributed by atoms with Crippen LogP contribution < -0.4 is 4.74 Å². The molecule has 0 radical (unpaired) electrons. The fourth-order valence-corrected chi connectivity index (χ4v) is 3.38. The van der Waals surface area contributed by atoms with Crippen LogP contribution in [0, 0.1) is 5.82 Å². The highest BCUT2D eigenvalue weighted by Gasteiger charge is 2.25. The van der Waals surface area contributed by atoms with Gasteiger partial charge in [0.05, 0.1) is 37.7 Å². The molecule has 6 heteroatoms. The zero-order valence-electron chi connectivity index (χ0n) is 12.5. The van der Waals surface area contributed by atoms with Crippen LogP contribution in [0.25, 0.3) is 22.0 Å². The van der Waals surface area contributed by atoms with Crippen molar-refractivity contribution >= 4 is 22.5 Å². The highest BCUT2D eigenvalue weighted by Crippen LogP contribution is 2.41. The maximum atomic E-state index is 14.4. The number of hydrogen-bond donors (Lipinski definition) is 0. The minimum absolute atomic E-state index is 0.258. The van der Waals surface area contributed by atoms with Gasteiger partial charge in [-0.3, -0.25) is 0 Å². The highest BCUT2D eigenvalue weighted by molar-refractivity contribution is 6.29. The Morgan fingerprint density at radius 3 is 3.09 bits per heavy atom. The van der Waals surface area contributed by atoms with Gasteiger partial charge in [0.15, 0.2) is 0 Å². The molecule has 3 aromatic rings. The van der Waals surface area contributed by atoms with Gasteiger partial charge < -0.3 is 14.0 Å². The van der Waals surface area contributed by atoms with Crippen molar-refractivity contribution in [2.75, 3.05) is 13.7 Å². The molecule has 0 bridgehead atoms. The third-order valence-electron chi connectivity index (χ3n) is 4.16. The smallest absolute Gasteiger partial charge is 0.149 e. The summed E-state index contributed by atoms with van der Waals surface area (Å²) in [5, 5.41) is 1.18. The molecule has 2 aromatic heterocycles. The third kappa shape index (κ3) is 2.19. The summed E-state index contributed by atoms with van der Waals surface area (Å²) in [4.78, 5) is 3.80. The van der Waals surface area contributed by atoms with Gasteiger partial charge in [-0.25, -0.2) is 9.37 Å². The van der Waals surface area contributed by atoms with E-state index < -0.39 is 5.82 Å². The SMILES string of the molecule is COc1cccc2c(-c3cc(Cl)ncc3F)c3n(c12)CCOC3. The Balaban J connectivity index is 2.12. The van der Waals surface area contributed by atoms with Crippen molar-refractivity contribution in [1.82, 2.24) is 9.55 Å². The second-order valence-electron chi connectivity index (χ2n) is 5.37. The quantitative estimate of drug-likeness (QED) is 0.665. The molecule has 0 spiro atoms. The number of fused-ring (bicyclic) bond motifs is 3. The van der Waals surface area contributed by atoms with Crippen LogP contribution in [0.3, 0.4) is 0 Å². The Morgan fingerprint density at radius 1 is 1.39 bits per heavy atom. The maximum absolute atomic E-state index is 14.4. The fourth-order valence-electron chi connectivity index (χ4n) is 3.22. The summed E-state index contributed by atoms with van der Waals surface area (Å²) in [6, 6.07) is 7.33. The highest BCUT2D eigenvalue weighted by atomic mass is 35.5. The topological polar surface area (TPSA) is 36.3 Å². The van der Waals surface area contributed by atoms with Gasteiger partial charge in [0, 0.05) is 23.1 Å². The summed E-state index contributed by atoms with van der Waals surface area (Å²) >= 11 is 5.99. The summed E-state index contributed by atoms with van der Waals surface area (Å²) in [5.41, 5.74) is 3.11. The maximum Gasteiger partial charge on any atom is 0.149 e. The molecule has 0 atom stereocenters. The van der Waals surface area contributed by atoms with E-state index in [-0.39, 0.29) is 5.15 Å². The van der Waals surface area contributed by atoms with Crippen LogP contribution in [-0.2, 0) is 17.9 Å². The van der Waals surface area contributed by atoms with Gasteiger partial charge in [-0.2, -0.15) is 0 Å². The molecule has 0 saturated carbocycles. The molecule has 4 rings (SSSR count). The molecule has 0 saturated heterocycles. The van der Waals surface area contributed by atoms with E-state index in [1.165, 1.54) is 0 Å². The van der Waals surface area contributed by atoms with Crippen molar-refractivity contribution in [3.8, 4) is 16.9 Å². The first-order valence-corrected chi connectivity index (χ1v) is 7.65. The second-order valence-corrected chi connectivity index (χ2v) is 5.76. The molecule has 0 fully saturated rings. The molecule has 1 aromatic carbocycles. The Hall–Kier alpha value is -2.11. The summed E-state index contributed by atoms with van der Waals surface area (Å²) in [6.45, 7) is 1.74. The van der Waals surface area contributed by atoms with Crippen molar-refractivity contribution in [3.63, 3.8) is 0 Å². The monoisotopic (exact) mass is 332 g/mol. The van der Waals surface area contributed by atoms with E-state index in [4.69, 9.17) is 21.1 Å². The van der Waals surface area contributed by atoms with E-state index in [2.05, 4.69) is 9.55 Å². The van der Waals surface area contributed by atoms with Crippen LogP contribution >= 0.6 is 11.6 Å². The molecule has 3 heterocycles. The Bertz CT molecular complexity index is 907. The molecule has 0 unspecified atom stereocenters. The van der Waals surface area contributed by atoms with E-state index in [0.717, 1.165) is 34.1 Å². The predicted molar refractivity (Wildman–Crippen MR) is 86.3 cm³/mol. The number of rotatable bonds is 2. The Kier molecular flexibility index (Phi) is 3.47. The average Bonchev–Trinajstić information content (AvgIpc) is 2.91. The largest absolute Gasteiger partial charge is 0.495 e. The predicted octanol–water partition coefficient (Wildman–Crippen LogP) is 4.03. The molecule has 1 aliphatic heterocycles. The molecular formula is C17H14ClFN2O2.